The zero-order valence-electron chi connectivity index (χ0n) is 15.6. The standard InChI is InChI=1S/C22H25BO2/c1-21(2)22(3,4)25-23(24-21)18-12-16-10-8-14-6-5-7-15-9-11-17(13-18)20(16)19(14)15/h5-7,12-13H,8-11H2,1-4H3. The molecule has 0 spiro atoms. The molecule has 1 aliphatic heterocycles. The molecule has 2 aromatic rings. The molecule has 2 aromatic carbocycles. The molecule has 3 heteroatoms. The Balaban J connectivity index is 1.62. The lowest BCUT2D eigenvalue weighted by atomic mass is 9.70. The Labute approximate surface area is 150 Å². The van der Waals surface area contributed by atoms with Crippen LogP contribution in [0.2, 0.25) is 0 Å². The van der Waals surface area contributed by atoms with Gasteiger partial charge in [0.1, 0.15) is 0 Å². The molecule has 2 aliphatic carbocycles. The Kier molecular flexibility index (Phi) is 3.13. The van der Waals surface area contributed by atoms with E-state index in [0.717, 1.165) is 25.7 Å². The van der Waals surface area contributed by atoms with Gasteiger partial charge in [-0.05, 0) is 92.2 Å². The second kappa shape index (κ2) is 4.99. The molecular weight excluding hydrogens is 307 g/mol. The summed E-state index contributed by atoms with van der Waals surface area (Å²) in [6, 6.07) is 11.5. The predicted octanol–water partition coefficient (Wildman–Crippen LogP) is 3.85. The number of rotatable bonds is 1. The molecule has 3 aliphatic rings. The third-order valence-electron chi connectivity index (χ3n) is 6.66. The van der Waals surface area contributed by atoms with E-state index in [2.05, 4.69) is 58.0 Å². The van der Waals surface area contributed by atoms with Crippen LogP contribution < -0.4 is 5.46 Å². The molecule has 25 heavy (non-hydrogen) atoms. The van der Waals surface area contributed by atoms with Crippen LogP contribution in [0.15, 0.2) is 30.3 Å². The zero-order valence-corrected chi connectivity index (χ0v) is 15.6. The van der Waals surface area contributed by atoms with Gasteiger partial charge in [0, 0.05) is 0 Å². The summed E-state index contributed by atoms with van der Waals surface area (Å²) in [5, 5.41) is 0. The van der Waals surface area contributed by atoms with Crippen LogP contribution in [0.3, 0.4) is 0 Å². The van der Waals surface area contributed by atoms with Crippen LogP contribution >= 0.6 is 0 Å². The van der Waals surface area contributed by atoms with Gasteiger partial charge in [-0.1, -0.05) is 30.3 Å². The fourth-order valence-electron chi connectivity index (χ4n) is 4.56. The fraction of sp³-hybridized carbons (Fsp3) is 0.455. The molecule has 0 unspecified atom stereocenters. The van der Waals surface area contributed by atoms with Gasteiger partial charge in [0.2, 0.25) is 0 Å². The SMILES string of the molecule is CC1(C)OB(c2cc3c4c(c2)CCc2cccc(c2-4)CC3)OC1(C)C. The van der Waals surface area contributed by atoms with Crippen molar-refractivity contribution in [2.75, 3.05) is 0 Å². The van der Waals surface area contributed by atoms with Crippen molar-refractivity contribution >= 4 is 12.6 Å². The lowest BCUT2D eigenvalue weighted by Crippen LogP contribution is -2.41. The number of hydrogen-bond donors (Lipinski definition) is 0. The van der Waals surface area contributed by atoms with Gasteiger partial charge >= 0.3 is 7.12 Å². The van der Waals surface area contributed by atoms with Crippen LogP contribution in [0, 0.1) is 0 Å². The summed E-state index contributed by atoms with van der Waals surface area (Å²) in [6.07, 6.45) is 4.52. The average molecular weight is 332 g/mol. The van der Waals surface area contributed by atoms with Crippen molar-refractivity contribution in [3.63, 3.8) is 0 Å². The largest absolute Gasteiger partial charge is 0.494 e. The summed E-state index contributed by atoms with van der Waals surface area (Å²) in [5.74, 6) is 0. The van der Waals surface area contributed by atoms with Crippen molar-refractivity contribution in [1.29, 1.82) is 0 Å². The van der Waals surface area contributed by atoms with E-state index in [0.29, 0.717) is 0 Å². The van der Waals surface area contributed by atoms with Crippen molar-refractivity contribution in [3.05, 3.63) is 52.6 Å². The van der Waals surface area contributed by atoms with Crippen LogP contribution in [0.1, 0.15) is 49.9 Å². The lowest BCUT2D eigenvalue weighted by molar-refractivity contribution is 0.00578. The zero-order chi connectivity index (χ0) is 17.4. The van der Waals surface area contributed by atoms with E-state index in [1.54, 1.807) is 0 Å². The quantitative estimate of drug-likeness (QED) is 0.739. The van der Waals surface area contributed by atoms with E-state index in [9.17, 15) is 0 Å². The van der Waals surface area contributed by atoms with E-state index in [1.807, 2.05) is 0 Å². The number of aryl methyl sites for hydroxylation is 4. The first kappa shape index (κ1) is 15.7. The molecular formula is C22H25BO2. The smallest absolute Gasteiger partial charge is 0.399 e. The third-order valence-corrected chi connectivity index (χ3v) is 6.66. The van der Waals surface area contributed by atoms with Gasteiger partial charge in [0.25, 0.3) is 0 Å². The summed E-state index contributed by atoms with van der Waals surface area (Å²) in [6.45, 7) is 8.49. The Bertz CT molecular complexity index is 818. The molecule has 128 valence electrons. The minimum absolute atomic E-state index is 0.259. The predicted molar refractivity (Wildman–Crippen MR) is 102 cm³/mol. The highest BCUT2D eigenvalue weighted by molar-refractivity contribution is 6.62. The van der Waals surface area contributed by atoms with E-state index < -0.39 is 0 Å². The summed E-state index contributed by atoms with van der Waals surface area (Å²) in [7, 11) is -0.259. The van der Waals surface area contributed by atoms with Crippen molar-refractivity contribution < 1.29 is 9.31 Å². The monoisotopic (exact) mass is 332 g/mol. The second-order valence-corrected chi connectivity index (χ2v) is 8.75. The summed E-state index contributed by atoms with van der Waals surface area (Å²) >= 11 is 0. The molecule has 0 amide bonds. The summed E-state index contributed by atoms with van der Waals surface area (Å²) in [4.78, 5) is 0. The summed E-state index contributed by atoms with van der Waals surface area (Å²) < 4.78 is 12.6. The first-order valence-electron chi connectivity index (χ1n) is 9.48. The molecule has 0 N–H and O–H groups in total. The van der Waals surface area contributed by atoms with Gasteiger partial charge in [0.05, 0.1) is 11.2 Å². The second-order valence-electron chi connectivity index (χ2n) is 8.75. The Morgan fingerprint density at radius 2 is 1.16 bits per heavy atom. The minimum atomic E-state index is -0.287. The number of benzene rings is 2. The molecule has 1 saturated heterocycles. The van der Waals surface area contributed by atoms with Gasteiger partial charge in [-0.2, -0.15) is 0 Å². The molecule has 0 aromatic heterocycles. The Morgan fingerprint density at radius 1 is 0.720 bits per heavy atom. The Hall–Kier alpha value is -1.58. The maximum Gasteiger partial charge on any atom is 0.494 e. The minimum Gasteiger partial charge on any atom is -0.399 e. The van der Waals surface area contributed by atoms with E-state index in [4.69, 9.17) is 9.31 Å². The van der Waals surface area contributed by atoms with Crippen LogP contribution in [0.25, 0.3) is 11.1 Å². The highest BCUT2D eigenvalue weighted by atomic mass is 16.7. The highest BCUT2D eigenvalue weighted by Crippen LogP contribution is 2.43. The van der Waals surface area contributed by atoms with Crippen LogP contribution in [0.5, 0.6) is 0 Å². The van der Waals surface area contributed by atoms with Gasteiger partial charge in [-0.25, -0.2) is 0 Å². The molecule has 1 fully saturated rings. The average Bonchev–Trinajstić information content (AvgIpc) is 2.80. The maximum absolute atomic E-state index is 6.30. The first-order chi connectivity index (χ1) is 11.9. The van der Waals surface area contributed by atoms with E-state index in [1.165, 1.54) is 38.8 Å². The Morgan fingerprint density at radius 3 is 1.68 bits per heavy atom. The first-order valence-corrected chi connectivity index (χ1v) is 9.48. The molecule has 0 saturated carbocycles. The van der Waals surface area contributed by atoms with Crippen molar-refractivity contribution in [1.82, 2.24) is 0 Å². The fourth-order valence-corrected chi connectivity index (χ4v) is 4.56. The van der Waals surface area contributed by atoms with E-state index in [-0.39, 0.29) is 18.3 Å². The normalized spacial score (nSPS) is 22.0. The molecule has 2 nitrogen and oxygen atoms in total. The molecule has 0 radical (unpaired) electrons. The third kappa shape index (κ3) is 2.19. The molecule has 0 atom stereocenters. The van der Waals surface area contributed by atoms with Crippen LogP contribution in [-0.4, -0.2) is 18.3 Å². The van der Waals surface area contributed by atoms with Crippen molar-refractivity contribution in [2.24, 2.45) is 0 Å². The van der Waals surface area contributed by atoms with Gasteiger partial charge in [0.15, 0.2) is 0 Å². The van der Waals surface area contributed by atoms with Crippen molar-refractivity contribution in [2.45, 2.75) is 64.6 Å². The van der Waals surface area contributed by atoms with Crippen molar-refractivity contribution in [3.8, 4) is 11.1 Å². The maximum atomic E-state index is 6.30. The topological polar surface area (TPSA) is 18.5 Å². The summed E-state index contributed by atoms with van der Waals surface area (Å²) in [5.41, 5.74) is 9.63. The van der Waals surface area contributed by atoms with Crippen LogP contribution in [-0.2, 0) is 35.0 Å². The number of hydrogen-bond acceptors (Lipinski definition) is 2. The molecule has 1 heterocycles. The van der Waals surface area contributed by atoms with E-state index >= 15 is 0 Å². The molecule has 0 bridgehead atoms. The van der Waals surface area contributed by atoms with Gasteiger partial charge in [-0.3, -0.25) is 0 Å². The molecule has 5 rings (SSSR count). The lowest BCUT2D eigenvalue weighted by Gasteiger charge is -2.32. The van der Waals surface area contributed by atoms with Gasteiger partial charge in [-0.15, -0.1) is 0 Å². The van der Waals surface area contributed by atoms with Gasteiger partial charge < -0.3 is 9.31 Å². The van der Waals surface area contributed by atoms with Crippen LogP contribution in [0.4, 0.5) is 0 Å². The highest BCUT2D eigenvalue weighted by Gasteiger charge is 2.52.